The number of ketones is 1. The molecule has 4 nitrogen and oxygen atoms in total. The maximum absolute atomic E-state index is 12.6. The van der Waals surface area contributed by atoms with Gasteiger partial charge < -0.3 is 9.47 Å². The van der Waals surface area contributed by atoms with Gasteiger partial charge in [-0.15, -0.1) is 0 Å². The van der Waals surface area contributed by atoms with Crippen LogP contribution in [0.25, 0.3) is 12.2 Å². The number of allylic oxidation sites excluding steroid dienone is 1. The molecule has 1 aliphatic heterocycles. The van der Waals surface area contributed by atoms with E-state index >= 15 is 0 Å². The maximum atomic E-state index is 12.6. The highest BCUT2D eigenvalue weighted by molar-refractivity contribution is 9.10. The molecule has 0 atom stereocenters. The van der Waals surface area contributed by atoms with Crippen LogP contribution in [-0.2, 0) is 4.79 Å². The van der Waals surface area contributed by atoms with Crippen LogP contribution in [0.4, 0.5) is 0 Å². The van der Waals surface area contributed by atoms with Gasteiger partial charge in [-0.05, 0) is 41.5 Å². The number of halogens is 1. The van der Waals surface area contributed by atoms with Crippen molar-refractivity contribution in [2.24, 2.45) is 0 Å². The van der Waals surface area contributed by atoms with Crippen molar-refractivity contribution in [3.63, 3.8) is 0 Å². The minimum Gasteiger partial charge on any atom is -0.452 e. The Morgan fingerprint density at radius 3 is 2.52 bits per heavy atom. The van der Waals surface area contributed by atoms with Gasteiger partial charge in [0.25, 0.3) is 0 Å². The zero-order valence-corrected chi connectivity index (χ0v) is 16.8. The van der Waals surface area contributed by atoms with Crippen LogP contribution in [0.15, 0.2) is 89.1 Å². The second-order valence-corrected chi connectivity index (χ2v) is 7.14. The molecule has 5 heteroatoms. The zero-order chi connectivity index (χ0) is 20.2. The van der Waals surface area contributed by atoms with Gasteiger partial charge in [0.15, 0.2) is 5.76 Å². The van der Waals surface area contributed by atoms with E-state index in [1.165, 1.54) is 6.08 Å². The predicted molar refractivity (Wildman–Crippen MR) is 115 cm³/mol. The molecule has 0 aliphatic carbocycles. The lowest BCUT2D eigenvalue weighted by Gasteiger charge is -2.03. The molecule has 0 unspecified atom stereocenters. The Hall–Kier alpha value is -3.44. The third kappa shape index (κ3) is 4.36. The van der Waals surface area contributed by atoms with Gasteiger partial charge in [-0.2, -0.15) is 0 Å². The van der Waals surface area contributed by atoms with Gasteiger partial charge in [0.2, 0.25) is 5.78 Å². The van der Waals surface area contributed by atoms with Crippen LogP contribution in [0.2, 0.25) is 0 Å². The molecule has 0 bridgehead atoms. The molecule has 0 spiro atoms. The Morgan fingerprint density at radius 2 is 1.72 bits per heavy atom. The summed E-state index contributed by atoms with van der Waals surface area (Å²) in [6.07, 6.45) is 4.71. The fourth-order valence-corrected chi connectivity index (χ4v) is 3.24. The quantitative estimate of drug-likeness (QED) is 0.293. The molecule has 3 aromatic carbocycles. The number of Topliss-reactive ketones (excluding diaryl/α,β-unsaturated/α-hetero) is 1. The maximum Gasteiger partial charge on any atom is 0.336 e. The highest BCUT2D eigenvalue weighted by atomic mass is 79.9. The molecule has 29 heavy (non-hydrogen) atoms. The fraction of sp³-hybridized carbons (Fsp3) is 0. The molecule has 0 aromatic heterocycles. The lowest BCUT2D eigenvalue weighted by Crippen LogP contribution is -2.03. The molecule has 3 aromatic rings. The van der Waals surface area contributed by atoms with Crippen molar-refractivity contribution in [2.45, 2.75) is 0 Å². The molecular formula is C24H15BrO4. The van der Waals surface area contributed by atoms with Crippen LogP contribution in [-0.4, -0.2) is 11.8 Å². The number of carbonyl (C=O) groups is 2. The van der Waals surface area contributed by atoms with Crippen LogP contribution in [0.1, 0.15) is 21.5 Å². The van der Waals surface area contributed by atoms with E-state index in [1.54, 1.807) is 30.4 Å². The summed E-state index contributed by atoms with van der Waals surface area (Å²) in [4.78, 5) is 24.6. The van der Waals surface area contributed by atoms with Crippen LogP contribution >= 0.6 is 15.9 Å². The van der Waals surface area contributed by atoms with Crippen LogP contribution in [0.5, 0.6) is 11.5 Å². The van der Waals surface area contributed by atoms with Gasteiger partial charge in [0, 0.05) is 16.6 Å². The second-order valence-electron chi connectivity index (χ2n) is 6.28. The first kappa shape index (κ1) is 18.9. The number of fused-ring (bicyclic) bond motifs is 1. The number of hydrogen-bond acceptors (Lipinski definition) is 4. The molecule has 0 saturated heterocycles. The second kappa shape index (κ2) is 8.29. The minimum absolute atomic E-state index is 0.211. The zero-order valence-electron chi connectivity index (χ0n) is 15.2. The standard InChI is InChI=1S/C24H15BrO4/c25-20-9-5-4-8-17(20)14-22-24(27)19-12-11-18(15-21(19)29-22)28-23(26)13-10-16-6-2-1-3-7-16/h1-15H. The lowest BCUT2D eigenvalue weighted by atomic mass is 10.1. The van der Waals surface area contributed by atoms with E-state index in [2.05, 4.69) is 15.9 Å². The van der Waals surface area contributed by atoms with Crippen LogP contribution in [0, 0.1) is 0 Å². The highest BCUT2D eigenvalue weighted by Crippen LogP contribution is 2.35. The van der Waals surface area contributed by atoms with Gasteiger partial charge in [-0.1, -0.05) is 64.5 Å². The summed E-state index contributed by atoms with van der Waals surface area (Å²) in [7, 11) is 0. The number of carbonyl (C=O) groups excluding carboxylic acids is 2. The lowest BCUT2D eigenvalue weighted by molar-refractivity contribution is -0.128. The summed E-state index contributed by atoms with van der Waals surface area (Å²) in [6.45, 7) is 0. The third-order valence-electron chi connectivity index (χ3n) is 4.26. The number of hydrogen-bond donors (Lipinski definition) is 0. The molecule has 0 saturated carbocycles. The van der Waals surface area contributed by atoms with Crippen molar-refractivity contribution in [2.75, 3.05) is 0 Å². The summed E-state index contributed by atoms with van der Waals surface area (Å²) in [6, 6.07) is 21.7. The molecule has 1 aliphatic rings. The van der Waals surface area contributed by atoms with Gasteiger partial charge in [-0.25, -0.2) is 4.79 Å². The van der Waals surface area contributed by atoms with E-state index in [0.29, 0.717) is 17.1 Å². The highest BCUT2D eigenvalue weighted by Gasteiger charge is 2.28. The largest absolute Gasteiger partial charge is 0.452 e. The van der Waals surface area contributed by atoms with E-state index in [0.717, 1.165) is 15.6 Å². The van der Waals surface area contributed by atoms with Gasteiger partial charge in [-0.3, -0.25) is 4.79 Å². The van der Waals surface area contributed by atoms with Crippen molar-refractivity contribution in [3.05, 3.63) is 106 Å². The average molecular weight is 447 g/mol. The van der Waals surface area contributed by atoms with Crippen LogP contribution < -0.4 is 9.47 Å². The molecule has 0 amide bonds. The van der Waals surface area contributed by atoms with Crippen molar-refractivity contribution in [3.8, 4) is 11.5 Å². The monoisotopic (exact) mass is 446 g/mol. The van der Waals surface area contributed by atoms with Crippen molar-refractivity contribution < 1.29 is 19.1 Å². The Bertz CT molecular complexity index is 1150. The molecule has 0 fully saturated rings. The summed E-state index contributed by atoms with van der Waals surface area (Å²) < 4.78 is 11.9. The van der Waals surface area contributed by atoms with E-state index in [9.17, 15) is 9.59 Å². The van der Waals surface area contributed by atoms with Crippen molar-refractivity contribution >= 4 is 39.8 Å². The van der Waals surface area contributed by atoms with E-state index in [4.69, 9.17) is 9.47 Å². The van der Waals surface area contributed by atoms with Gasteiger partial charge >= 0.3 is 5.97 Å². The smallest absolute Gasteiger partial charge is 0.336 e. The van der Waals surface area contributed by atoms with Gasteiger partial charge in [0.05, 0.1) is 5.56 Å². The molecule has 142 valence electrons. The van der Waals surface area contributed by atoms with Crippen LogP contribution in [0.3, 0.4) is 0 Å². The first-order valence-corrected chi connectivity index (χ1v) is 9.67. The van der Waals surface area contributed by atoms with E-state index < -0.39 is 5.97 Å². The third-order valence-corrected chi connectivity index (χ3v) is 4.99. The Kier molecular flexibility index (Phi) is 5.40. The molecule has 0 radical (unpaired) electrons. The molecule has 0 N–H and O–H groups in total. The van der Waals surface area contributed by atoms with E-state index in [-0.39, 0.29) is 11.5 Å². The molecular weight excluding hydrogens is 432 g/mol. The van der Waals surface area contributed by atoms with E-state index in [1.807, 2.05) is 54.6 Å². The Balaban J connectivity index is 1.49. The summed E-state index contributed by atoms with van der Waals surface area (Å²) in [5, 5.41) is 0. The Labute approximate surface area is 176 Å². The van der Waals surface area contributed by atoms with Crippen molar-refractivity contribution in [1.82, 2.24) is 0 Å². The SMILES string of the molecule is O=C(C=Cc1ccccc1)Oc1ccc2c(c1)OC(=Cc1ccccc1Br)C2=O. The number of rotatable bonds is 4. The topological polar surface area (TPSA) is 52.6 Å². The molecule has 1 heterocycles. The molecule has 4 rings (SSSR count). The fourth-order valence-electron chi connectivity index (χ4n) is 2.84. The minimum atomic E-state index is -0.512. The average Bonchev–Trinajstić information content (AvgIpc) is 3.04. The number of ether oxygens (including phenoxy) is 2. The van der Waals surface area contributed by atoms with Gasteiger partial charge in [0.1, 0.15) is 11.5 Å². The summed E-state index contributed by atoms with van der Waals surface area (Å²) in [5.41, 5.74) is 2.17. The first-order valence-electron chi connectivity index (χ1n) is 8.88. The summed E-state index contributed by atoms with van der Waals surface area (Å²) >= 11 is 3.45. The predicted octanol–water partition coefficient (Wildman–Crippen LogP) is 5.68. The summed E-state index contributed by atoms with van der Waals surface area (Å²) in [5.74, 6) is 0.172. The normalized spacial score (nSPS) is 14.1. The first-order chi connectivity index (χ1) is 14.1. The van der Waals surface area contributed by atoms with Crippen molar-refractivity contribution in [1.29, 1.82) is 0 Å². The number of benzene rings is 3. The number of esters is 1. The Morgan fingerprint density at radius 1 is 0.966 bits per heavy atom.